The van der Waals surface area contributed by atoms with Gasteiger partial charge in [-0.15, -0.1) is 0 Å². The van der Waals surface area contributed by atoms with Gasteiger partial charge in [0.05, 0.1) is 17.1 Å². The highest BCUT2D eigenvalue weighted by atomic mass is 16.6. The van der Waals surface area contributed by atoms with Crippen molar-refractivity contribution in [1.82, 2.24) is 0 Å². The van der Waals surface area contributed by atoms with Gasteiger partial charge >= 0.3 is 5.97 Å². The normalized spacial score (nSPS) is 11.1. The summed E-state index contributed by atoms with van der Waals surface area (Å²) in [7, 11) is 0. The predicted octanol–water partition coefficient (Wildman–Crippen LogP) is 3.65. The number of hydrogen-bond donors (Lipinski definition) is 2. The Labute approximate surface area is 158 Å². The van der Waals surface area contributed by atoms with Crippen LogP contribution in [0.1, 0.15) is 42.3 Å². The van der Waals surface area contributed by atoms with Crippen molar-refractivity contribution in [2.75, 3.05) is 18.5 Å². The second-order valence-corrected chi connectivity index (χ2v) is 7.16. The summed E-state index contributed by atoms with van der Waals surface area (Å²) in [5.41, 5.74) is 2.27. The summed E-state index contributed by atoms with van der Waals surface area (Å²) < 4.78 is 5.33. The molecular formula is C20H24N2O5. The maximum absolute atomic E-state index is 12.5. The molecule has 27 heavy (non-hydrogen) atoms. The van der Waals surface area contributed by atoms with E-state index in [1.54, 1.807) is 0 Å². The molecule has 2 aromatic rings. The first kappa shape index (κ1) is 20.4. The van der Waals surface area contributed by atoms with Gasteiger partial charge < -0.3 is 15.2 Å². The Morgan fingerprint density at radius 3 is 2.41 bits per heavy atom. The molecule has 0 bridgehead atoms. The number of non-ortho nitro benzene ring substituents is 1. The smallest absolute Gasteiger partial charge is 0.340 e. The lowest BCUT2D eigenvalue weighted by Crippen LogP contribution is -2.13. The van der Waals surface area contributed by atoms with Crippen molar-refractivity contribution in [3.8, 4) is 0 Å². The minimum absolute atomic E-state index is 0.0332. The number of nitrogens with one attached hydrogen (secondary N) is 1. The van der Waals surface area contributed by atoms with Gasteiger partial charge in [-0.2, -0.15) is 0 Å². The van der Waals surface area contributed by atoms with E-state index in [0.29, 0.717) is 5.69 Å². The van der Waals surface area contributed by atoms with Crippen LogP contribution in [0.5, 0.6) is 0 Å². The number of carbonyl (C=O) groups excluding carboxylic acids is 1. The van der Waals surface area contributed by atoms with Gasteiger partial charge in [0, 0.05) is 24.4 Å². The Morgan fingerprint density at radius 2 is 1.85 bits per heavy atom. The zero-order chi connectivity index (χ0) is 20.0. The predicted molar refractivity (Wildman–Crippen MR) is 103 cm³/mol. The maximum atomic E-state index is 12.5. The summed E-state index contributed by atoms with van der Waals surface area (Å²) in [5, 5.41) is 22.8. The molecule has 2 aromatic carbocycles. The molecule has 0 aliphatic heterocycles. The van der Waals surface area contributed by atoms with Crippen molar-refractivity contribution < 1.29 is 19.6 Å². The van der Waals surface area contributed by atoms with Gasteiger partial charge in [0.15, 0.2) is 0 Å². The number of carbonyl (C=O) groups is 1. The van der Waals surface area contributed by atoms with Crippen LogP contribution in [0, 0.1) is 10.1 Å². The quantitative estimate of drug-likeness (QED) is 0.437. The molecule has 144 valence electrons. The SMILES string of the molecule is CC(C)(C)c1ccc(COC(=O)c2cc([N+](=O)[O-])ccc2NCCO)cc1. The van der Waals surface area contributed by atoms with Crippen LogP contribution in [0.4, 0.5) is 11.4 Å². The minimum atomic E-state index is -0.668. The summed E-state index contributed by atoms with van der Waals surface area (Å²) in [6, 6.07) is 11.7. The molecule has 0 amide bonds. The van der Waals surface area contributed by atoms with E-state index in [9.17, 15) is 14.9 Å². The second kappa shape index (κ2) is 8.64. The molecule has 0 aromatic heterocycles. The maximum Gasteiger partial charge on any atom is 0.340 e. The van der Waals surface area contributed by atoms with Gasteiger partial charge in [0.1, 0.15) is 6.61 Å². The highest BCUT2D eigenvalue weighted by molar-refractivity contribution is 5.96. The first-order valence-electron chi connectivity index (χ1n) is 8.62. The molecule has 7 heteroatoms. The van der Waals surface area contributed by atoms with Crippen molar-refractivity contribution in [3.05, 3.63) is 69.3 Å². The first-order valence-corrected chi connectivity index (χ1v) is 8.62. The summed E-state index contributed by atoms with van der Waals surface area (Å²) in [6.45, 7) is 6.49. The molecule has 0 aliphatic rings. The molecule has 0 heterocycles. The van der Waals surface area contributed by atoms with Crippen LogP contribution in [-0.4, -0.2) is 29.2 Å². The Morgan fingerprint density at radius 1 is 1.19 bits per heavy atom. The zero-order valence-corrected chi connectivity index (χ0v) is 15.7. The van der Waals surface area contributed by atoms with Crippen molar-refractivity contribution in [3.63, 3.8) is 0 Å². The Balaban J connectivity index is 2.14. The topological polar surface area (TPSA) is 102 Å². The fraction of sp³-hybridized carbons (Fsp3) is 0.350. The highest BCUT2D eigenvalue weighted by Gasteiger charge is 2.18. The summed E-state index contributed by atoms with van der Waals surface area (Å²) in [5.74, 6) is -0.668. The van der Waals surface area contributed by atoms with Crippen molar-refractivity contribution >= 4 is 17.3 Å². The van der Waals surface area contributed by atoms with Crippen LogP contribution < -0.4 is 5.32 Å². The average Bonchev–Trinajstić information content (AvgIpc) is 2.63. The number of benzene rings is 2. The lowest BCUT2D eigenvalue weighted by atomic mass is 9.87. The molecule has 0 atom stereocenters. The number of esters is 1. The van der Waals surface area contributed by atoms with Gasteiger partial charge in [0.2, 0.25) is 0 Å². The second-order valence-electron chi connectivity index (χ2n) is 7.16. The third-order valence-corrected chi connectivity index (χ3v) is 4.05. The van der Waals surface area contributed by atoms with E-state index >= 15 is 0 Å². The van der Waals surface area contributed by atoms with Gasteiger partial charge in [-0.25, -0.2) is 4.79 Å². The number of nitro groups is 1. The van der Waals surface area contributed by atoms with Crippen molar-refractivity contribution in [2.45, 2.75) is 32.8 Å². The number of aliphatic hydroxyl groups excluding tert-OH is 1. The Kier molecular flexibility index (Phi) is 6.52. The van der Waals surface area contributed by atoms with Crippen LogP contribution in [0.3, 0.4) is 0 Å². The number of aliphatic hydroxyl groups is 1. The standard InChI is InChI=1S/C20H24N2O5/c1-20(2,3)15-6-4-14(5-7-15)13-27-19(24)17-12-16(22(25)26)8-9-18(17)21-10-11-23/h4-9,12,21,23H,10-11,13H2,1-3H3. The molecule has 0 saturated heterocycles. The Hall–Kier alpha value is -2.93. The monoisotopic (exact) mass is 372 g/mol. The Bertz CT molecular complexity index is 810. The van der Waals surface area contributed by atoms with E-state index in [1.807, 2.05) is 24.3 Å². The van der Waals surface area contributed by atoms with Gasteiger partial charge in [-0.1, -0.05) is 45.0 Å². The van der Waals surface area contributed by atoms with E-state index in [0.717, 1.165) is 5.56 Å². The van der Waals surface area contributed by atoms with Crippen LogP contribution in [0.25, 0.3) is 0 Å². The van der Waals surface area contributed by atoms with E-state index in [4.69, 9.17) is 9.84 Å². The third-order valence-electron chi connectivity index (χ3n) is 4.05. The molecule has 7 nitrogen and oxygen atoms in total. The van der Waals surface area contributed by atoms with Crippen LogP contribution in [0.2, 0.25) is 0 Å². The lowest BCUT2D eigenvalue weighted by Gasteiger charge is -2.19. The summed E-state index contributed by atoms with van der Waals surface area (Å²) in [6.07, 6.45) is 0. The van der Waals surface area contributed by atoms with E-state index in [2.05, 4.69) is 26.1 Å². The molecule has 0 fully saturated rings. The fourth-order valence-electron chi connectivity index (χ4n) is 2.49. The number of nitro benzene ring substituents is 1. The van der Waals surface area contributed by atoms with Gasteiger partial charge in [0.25, 0.3) is 5.69 Å². The molecule has 2 rings (SSSR count). The minimum Gasteiger partial charge on any atom is -0.457 e. The van der Waals surface area contributed by atoms with E-state index in [-0.39, 0.29) is 36.4 Å². The largest absolute Gasteiger partial charge is 0.457 e. The highest BCUT2D eigenvalue weighted by Crippen LogP contribution is 2.24. The zero-order valence-electron chi connectivity index (χ0n) is 15.7. The van der Waals surface area contributed by atoms with Crippen molar-refractivity contribution in [1.29, 1.82) is 0 Å². The van der Waals surface area contributed by atoms with E-state index < -0.39 is 10.9 Å². The summed E-state index contributed by atoms with van der Waals surface area (Å²) in [4.78, 5) is 22.9. The number of hydrogen-bond acceptors (Lipinski definition) is 6. The van der Waals surface area contributed by atoms with Crippen molar-refractivity contribution in [2.24, 2.45) is 0 Å². The molecule has 0 spiro atoms. The number of rotatable bonds is 7. The molecule has 0 saturated carbocycles. The third kappa shape index (κ3) is 5.52. The lowest BCUT2D eigenvalue weighted by molar-refractivity contribution is -0.384. The van der Waals surface area contributed by atoms with Crippen LogP contribution in [-0.2, 0) is 16.8 Å². The van der Waals surface area contributed by atoms with E-state index in [1.165, 1.54) is 23.8 Å². The van der Waals surface area contributed by atoms with Crippen LogP contribution in [0.15, 0.2) is 42.5 Å². The molecule has 0 aliphatic carbocycles. The number of ether oxygens (including phenoxy) is 1. The molecule has 0 radical (unpaired) electrons. The molecular weight excluding hydrogens is 348 g/mol. The summed E-state index contributed by atoms with van der Waals surface area (Å²) >= 11 is 0. The van der Waals surface area contributed by atoms with Crippen LogP contribution >= 0.6 is 0 Å². The fourth-order valence-corrected chi connectivity index (χ4v) is 2.49. The molecule has 2 N–H and O–H groups in total. The van der Waals surface area contributed by atoms with Gasteiger partial charge in [-0.3, -0.25) is 10.1 Å². The van der Waals surface area contributed by atoms with Gasteiger partial charge in [-0.05, 0) is 22.6 Å². The number of anilines is 1. The number of nitrogens with zero attached hydrogens (tertiary/aromatic N) is 1. The average molecular weight is 372 g/mol. The molecule has 0 unspecified atom stereocenters. The first-order chi connectivity index (χ1) is 12.7.